The van der Waals surface area contributed by atoms with Crippen molar-refractivity contribution in [3.8, 4) is 11.5 Å². The van der Waals surface area contributed by atoms with Gasteiger partial charge in [-0.05, 0) is 53.6 Å². The molecule has 0 aromatic heterocycles. The van der Waals surface area contributed by atoms with Gasteiger partial charge in [0, 0.05) is 23.7 Å². The third-order valence-electron chi connectivity index (χ3n) is 4.72. The van der Waals surface area contributed by atoms with E-state index in [2.05, 4.69) is 10.6 Å². The fraction of sp³-hybridized carbons (Fsp3) is 0.200. The van der Waals surface area contributed by atoms with E-state index in [4.69, 9.17) is 21.1 Å². The zero-order valence-electron chi connectivity index (χ0n) is 18.1. The number of ether oxygens (including phenoxy) is 2. The summed E-state index contributed by atoms with van der Waals surface area (Å²) in [6.07, 6.45) is 0.0698. The Bertz CT molecular complexity index is 1110. The normalized spacial score (nSPS) is 10.4. The van der Waals surface area contributed by atoms with Gasteiger partial charge in [0.25, 0.3) is 5.91 Å². The smallest absolute Gasteiger partial charge is 0.251 e. The lowest BCUT2D eigenvalue weighted by Crippen LogP contribution is -2.35. The minimum Gasteiger partial charge on any atom is -0.493 e. The molecule has 0 aliphatic rings. The number of amides is 2. The summed E-state index contributed by atoms with van der Waals surface area (Å²) >= 11 is 5.89. The van der Waals surface area contributed by atoms with Gasteiger partial charge in [0.15, 0.2) is 11.5 Å². The molecular formula is C25H24ClFN2O4. The highest BCUT2D eigenvalue weighted by Gasteiger charge is 2.12. The Balaban J connectivity index is 1.46. The third kappa shape index (κ3) is 7.50. The van der Waals surface area contributed by atoms with Gasteiger partial charge in [0.1, 0.15) is 12.4 Å². The Morgan fingerprint density at radius 2 is 1.67 bits per heavy atom. The Hall–Kier alpha value is -3.58. The molecule has 2 amide bonds. The van der Waals surface area contributed by atoms with E-state index in [1.54, 1.807) is 42.5 Å². The average Bonchev–Trinajstić information content (AvgIpc) is 2.81. The number of nitrogens with one attached hydrogen (secondary N) is 2. The summed E-state index contributed by atoms with van der Waals surface area (Å²) in [5.41, 5.74) is 1.93. The minimum absolute atomic E-state index is 0.0698. The number of methoxy groups -OCH3 is 1. The number of carbonyl (C=O) groups is 2. The van der Waals surface area contributed by atoms with Crippen molar-refractivity contribution >= 4 is 23.4 Å². The second-order valence-electron chi connectivity index (χ2n) is 7.19. The van der Waals surface area contributed by atoms with Crippen LogP contribution in [0.4, 0.5) is 4.39 Å². The van der Waals surface area contributed by atoms with Gasteiger partial charge in [-0.3, -0.25) is 9.59 Å². The topological polar surface area (TPSA) is 76.7 Å². The first-order chi connectivity index (χ1) is 15.9. The summed E-state index contributed by atoms with van der Waals surface area (Å²) in [6.45, 7) is 0.818. The van der Waals surface area contributed by atoms with Crippen LogP contribution in [0, 0.1) is 5.82 Å². The Morgan fingerprint density at radius 3 is 2.39 bits per heavy atom. The fourth-order valence-corrected chi connectivity index (χ4v) is 3.17. The maximum absolute atomic E-state index is 13.2. The lowest BCUT2D eigenvalue weighted by Gasteiger charge is -2.13. The van der Waals surface area contributed by atoms with Crippen LogP contribution in [0.2, 0.25) is 5.02 Å². The molecule has 8 heteroatoms. The van der Waals surface area contributed by atoms with Crippen LogP contribution in [0.3, 0.4) is 0 Å². The molecule has 0 heterocycles. The van der Waals surface area contributed by atoms with Gasteiger partial charge in [-0.15, -0.1) is 0 Å². The highest BCUT2D eigenvalue weighted by Crippen LogP contribution is 2.29. The zero-order valence-corrected chi connectivity index (χ0v) is 18.8. The average molecular weight is 471 g/mol. The van der Waals surface area contributed by atoms with Gasteiger partial charge in [-0.1, -0.05) is 35.9 Å². The van der Waals surface area contributed by atoms with Gasteiger partial charge >= 0.3 is 0 Å². The van der Waals surface area contributed by atoms with E-state index in [9.17, 15) is 14.0 Å². The summed E-state index contributed by atoms with van der Waals surface area (Å²) in [4.78, 5) is 24.4. The van der Waals surface area contributed by atoms with E-state index in [-0.39, 0.29) is 37.1 Å². The molecule has 0 atom stereocenters. The van der Waals surface area contributed by atoms with Crippen LogP contribution in [0.15, 0.2) is 66.7 Å². The van der Waals surface area contributed by atoms with Gasteiger partial charge in [0.2, 0.25) is 5.91 Å². The molecule has 6 nitrogen and oxygen atoms in total. The predicted molar refractivity (Wildman–Crippen MR) is 124 cm³/mol. The van der Waals surface area contributed by atoms with Crippen molar-refractivity contribution in [2.45, 2.75) is 13.0 Å². The van der Waals surface area contributed by atoms with E-state index in [1.807, 2.05) is 12.1 Å². The molecule has 0 saturated heterocycles. The molecule has 3 aromatic rings. The highest BCUT2D eigenvalue weighted by atomic mass is 35.5. The first-order valence-electron chi connectivity index (χ1n) is 10.3. The van der Waals surface area contributed by atoms with Gasteiger partial charge in [-0.25, -0.2) is 4.39 Å². The maximum Gasteiger partial charge on any atom is 0.251 e. The molecule has 33 heavy (non-hydrogen) atoms. The van der Waals surface area contributed by atoms with Crippen molar-refractivity contribution < 1.29 is 23.5 Å². The molecule has 0 unspecified atom stereocenters. The van der Waals surface area contributed by atoms with E-state index >= 15 is 0 Å². The summed E-state index contributed by atoms with van der Waals surface area (Å²) < 4.78 is 24.3. The van der Waals surface area contributed by atoms with Crippen LogP contribution in [-0.4, -0.2) is 32.0 Å². The van der Waals surface area contributed by atoms with Crippen LogP contribution < -0.4 is 20.1 Å². The number of benzene rings is 3. The SMILES string of the molecule is COc1cc(C(=O)NCCNC(=O)Cc2cccc(F)c2)ccc1OCc1ccc(Cl)cc1. The van der Waals surface area contributed by atoms with Crippen LogP contribution in [0.1, 0.15) is 21.5 Å². The molecule has 0 spiro atoms. The number of hydrogen-bond donors (Lipinski definition) is 2. The van der Waals surface area contributed by atoms with Crippen LogP contribution in [0.25, 0.3) is 0 Å². The Morgan fingerprint density at radius 1 is 0.909 bits per heavy atom. The van der Waals surface area contributed by atoms with Crippen molar-refractivity contribution in [1.29, 1.82) is 0 Å². The number of carbonyl (C=O) groups excluding carboxylic acids is 2. The quantitative estimate of drug-likeness (QED) is 0.436. The van der Waals surface area contributed by atoms with Gasteiger partial charge in [-0.2, -0.15) is 0 Å². The minimum atomic E-state index is -0.385. The standard InChI is InChI=1S/C25H24ClFN2O4/c1-32-23-15-19(7-10-22(23)33-16-17-5-8-20(26)9-6-17)25(31)29-12-11-28-24(30)14-18-3-2-4-21(27)13-18/h2-10,13,15H,11-12,14,16H2,1H3,(H,28,30)(H,29,31). The van der Waals surface area contributed by atoms with Gasteiger partial charge in [0.05, 0.1) is 13.5 Å². The summed E-state index contributed by atoms with van der Waals surface area (Å²) in [6, 6.07) is 18.1. The summed E-state index contributed by atoms with van der Waals surface area (Å²) in [5, 5.41) is 6.09. The molecule has 0 bridgehead atoms. The Labute approximate surface area is 196 Å². The Kier molecular flexibility index (Phi) is 8.66. The highest BCUT2D eigenvalue weighted by molar-refractivity contribution is 6.30. The molecule has 3 rings (SSSR count). The molecule has 3 aromatic carbocycles. The summed E-state index contributed by atoms with van der Waals surface area (Å²) in [5.74, 6) is -0.00588. The van der Waals surface area contributed by atoms with Crippen molar-refractivity contribution in [2.24, 2.45) is 0 Å². The molecule has 0 aliphatic heterocycles. The van der Waals surface area contributed by atoms with Crippen LogP contribution in [0.5, 0.6) is 11.5 Å². The van der Waals surface area contributed by atoms with Crippen molar-refractivity contribution in [1.82, 2.24) is 10.6 Å². The van der Waals surface area contributed by atoms with Gasteiger partial charge < -0.3 is 20.1 Å². The second kappa shape index (κ2) is 11.9. The molecule has 0 saturated carbocycles. The maximum atomic E-state index is 13.2. The lowest BCUT2D eigenvalue weighted by molar-refractivity contribution is -0.120. The number of rotatable bonds is 10. The first-order valence-corrected chi connectivity index (χ1v) is 10.7. The second-order valence-corrected chi connectivity index (χ2v) is 7.63. The summed E-state index contributed by atoms with van der Waals surface area (Å²) in [7, 11) is 1.50. The van der Waals surface area contributed by atoms with E-state index < -0.39 is 0 Å². The van der Waals surface area contributed by atoms with E-state index in [0.717, 1.165) is 5.56 Å². The molecule has 0 fully saturated rings. The third-order valence-corrected chi connectivity index (χ3v) is 4.97. The van der Waals surface area contributed by atoms with E-state index in [0.29, 0.717) is 34.3 Å². The largest absolute Gasteiger partial charge is 0.493 e. The van der Waals surface area contributed by atoms with Crippen LogP contribution >= 0.6 is 11.6 Å². The number of hydrogen-bond acceptors (Lipinski definition) is 4. The van der Waals surface area contributed by atoms with E-state index in [1.165, 1.54) is 19.2 Å². The van der Waals surface area contributed by atoms with Crippen molar-refractivity contribution in [3.05, 3.63) is 94.3 Å². The lowest BCUT2D eigenvalue weighted by atomic mass is 10.1. The zero-order chi connectivity index (χ0) is 23.6. The first kappa shape index (κ1) is 24.1. The molecule has 2 N–H and O–H groups in total. The molecule has 172 valence electrons. The number of halogens is 2. The monoisotopic (exact) mass is 470 g/mol. The van der Waals surface area contributed by atoms with Crippen molar-refractivity contribution in [3.63, 3.8) is 0 Å². The predicted octanol–water partition coefficient (Wildman–Crippen LogP) is 4.16. The molecule has 0 aliphatic carbocycles. The molecule has 0 radical (unpaired) electrons. The van der Waals surface area contributed by atoms with Crippen molar-refractivity contribution in [2.75, 3.05) is 20.2 Å². The molecular weight excluding hydrogens is 447 g/mol. The van der Waals surface area contributed by atoms with Crippen LogP contribution in [-0.2, 0) is 17.8 Å². The fourth-order valence-electron chi connectivity index (χ4n) is 3.04.